The molecule has 1 N–H and O–H groups in total. The highest BCUT2D eigenvalue weighted by Gasteiger charge is 2.14. The van der Waals surface area contributed by atoms with E-state index in [1.54, 1.807) is 0 Å². The smallest absolute Gasteiger partial charge is 0.175 e. The maximum Gasteiger partial charge on any atom is 0.175 e. The third-order valence-corrected chi connectivity index (χ3v) is 5.49. The third kappa shape index (κ3) is 3.27. The summed E-state index contributed by atoms with van der Waals surface area (Å²) in [5.41, 5.74) is 1.81. The van der Waals surface area contributed by atoms with Crippen molar-refractivity contribution in [3.63, 3.8) is 0 Å². The molecule has 0 saturated heterocycles. The van der Waals surface area contributed by atoms with E-state index in [0.29, 0.717) is 22.5 Å². The van der Waals surface area contributed by atoms with E-state index in [-0.39, 0.29) is 16.0 Å². The van der Waals surface area contributed by atoms with Crippen molar-refractivity contribution in [1.82, 2.24) is 9.97 Å². The standard InChI is InChI=1S/C20H13F3N2O2S/c1-28(26,27)13-5-2-11(3-6-13)14-8-12(4-7-15(14)21)20-24-18-9-16(22)17(23)10-19(18)25-20/h2-10H,1H3,(H,24,25). The molecule has 4 nitrogen and oxygen atoms in total. The average molecular weight is 402 g/mol. The minimum absolute atomic E-state index is 0.133. The van der Waals surface area contributed by atoms with Crippen molar-refractivity contribution in [2.75, 3.05) is 6.26 Å². The second-order valence-corrected chi connectivity index (χ2v) is 8.38. The first-order chi connectivity index (χ1) is 13.2. The zero-order valence-electron chi connectivity index (χ0n) is 14.5. The number of benzene rings is 3. The van der Waals surface area contributed by atoms with Gasteiger partial charge >= 0.3 is 0 Å². The van der Waals surface area contributed by atoms with Crippen LogP contribution >= 0.6 is 0 Å². The van der Waals surface area contributed by atoms with Gasteiger partial charge < -0.3 is 4.98 Å². The number of nitrogens with zero attached hydrogens (tertiary/aromatic N) is 1. The van der Waals surface area contributed by atoms with Crippen LogP contribution in [0, 0.1) is 17.5 Å². The van der Waals surface area contributed by atoms with Gasteiger partial charge in [0.1, 0.15) is 11.6 Å². The van der Waals surface area contributed by atoms with Gasteiger partial charge in [0.15, 0.2) is 21.5 Å². The summed E-state index contributed by atoms with van der Waals surface area (Å²) < 4.78 is 64.3. The molecular formula is C20H13F3N2O2S. The first kappa shape index (κ1) is 18.2. The highest BCUT2D eigenvalue weighted by Crippen LogP contribution is 2.30. The normalized spacial score (nSPS) is 11.9. The summed E-state index contributed by atoms with van der Waals surface area (Å²) >= 11 is 0. The van der Waals surface area contributed by atoms with Crippen LogP contribution in [0.15, 0.2) is 59.5 Å². The number of hydrogen-bond donors (Lipinski definition) is 1. The van der Waals surface area contributed by atoms with E-state index in [1.807, 2.05) is 0 Å². The molecule has 1 aromatic heterocycles. The Morgan fingerprint density at radius 3 is 2.14 bits per heavy atom. The summed E-state index contributed by atoms with van der Waals surface area (Å²) in [5, 5.41) is 0. The fraction of sp³-hybridized carbons (Fsp3) is 0.0500. The van der Waals surface area contributed by atoms with E-state index in [4.69, 9.17) is 0 Å². The molecule has 0 amide bonds. The van der Waals surface area contributed by atoms with Gasteiger partial charge in [-0.15, -0.1) is 0 Å². The maximum absolute atomic E-state index is 14.4. The summed E-state index contributed by atoms with van der Waals surface area (Å²) in [6, 6.07) is 12.1. The lowest BCUT2D eigenvalue weighted by atomic mass is 10.0. The van der Waals surface area contributed by atoms with Crippen molar-refractivity contribution in [2.24, 2.45) is 0 Å². The number of H-pyrrole nitrogens is 1. The van der Waals surface area contributed by atoms with E-state index in [1.165, 1.54) is 42.5 Å². The molecule has 0 bridgehead atoms. The number of sulfone groups is 1. The Morgan fingerprint density at radius 2 is 1.46 bits per heavy atom. The lowest BCUT2D eigenvalue weighted by Gasteiger charge is -2.07. The van der Waals surface area contributed by atoms with Crippen LogP contribution in [-0.2, 0) is 9.84 Å². The van der Waals surface area contributed by atoms with Crippen molar-refractivity contribution in [2.45, 2.75) is 4.90 Å². The van der Waals surface area contributed by atoms with E-state index >= 15 is 0 Å². The highest BCUT2D eigenvalue weighted by molar-refractivity contribution is 7.90. The minimum atomic E-state index is -3.35. The Balaban J connectivity index is 1.79. The Bertz CT molecular complexity index is 1270. The molecule has 28 heavy (non-hydrogen) atoms. The molecule has 0 radical (unpaired) electrons. The zero-order valence-corrected chi connectivity index (χ0v) is 15.3. The zero-order chi connectivity index (χ0) is 20.1. The molecule has 0 aliphatic rings. The van der Waals surface area contributed by atoms with E-state index in [9.17, 15) is 21.6 Å². The van der Waals surface area contributed by atoms with Crippen LogP contribution in [0.4, 0.5) is 13.2 Å². The number of aromatic nitrogens is 2. The van der Waals surface area contributed by atoms with Crippen molar-refractivity contribution in [3.8, 4) is 22.5 Å². The van der Waals surface area contributed by atoms with Gasteiger partial charge in [0.05, 0.1) is 15.9 Å². The molecule has 142 valence electrons. The number of nitrogens with one attached hydrogen (secondary N) is 1. The molecule has 0 unspecified atom stereocenters. The monoisotopic (exact) mass is 402 g/mol. The molecule has 0 atom stereocenters. The largest absolute Gasteiger partial charge is 0.338 e. The van der Waals surface area contributed by atoms with E-state index < -0.39 is 27.3 Å². The number of hydrogen-bond acceptors (Lipinski definition) is 3. The summed E-state index contributed by atoms with van der Waals surface area (Å²) in [5.74, 6) is -2.16. The summed E-state index contributed by atoms with van der Waals surface area (Å²) in [6.45, 7) is 0. The second kappa shape index (κ2) is 6.49. The van der Waals surface area contributed by atoms with Crippen LogP contribution in [0.2, 0.25) is 0 Å². The van der Waals surface area contributed by atoms with Gasteiger partial charge in [0.25, 0.3) is 0 Å². The van der Waals surface area contributed by atoms with Crippen molar-refractivity contribution < 1.29 is 21.6 Å². The first-order valence-electron chi connectivity index (χ1n) is 8.17. The van der Waals surface area contributed by atoms with E-state index in [0.717, 1.165) is 18.4 Å². The number of imidazole rings is 1. The molecule has 8 heteroatoms. The fourth-order valence-electron chi connectivity index (χ4n) is 2.92. The van der Waals surface area contributed by atoms with Crippen molar-refractivity contribution in [1.29, 1.82) is 0 Å². The Hall–Kier alpha value is -3.13. The second-order valence-electron chi connectivity index (χ2n) is 6.36. The van der Waals surface area contributed by atoms with Gasteiger partial charge in [0, 0.05) is 29.5 Å². The quantitative estimate of drug-likeness (QED) is 0.540. The molecule has 0 fully saturated rings. The van der Waals surface area contributed by atoms with Crippen molar-refractivity contribution >= 4 is 20.9 Å². The van der Waals surface area contributed by atoms with Crippen LogP contribution in [0.5, 0.6) is 0 Å². The molecular weight excluding hydrogens is 389 g/mol. The van der Waals surface area contributed by atoms with Crippen LogP contribution in [0.3, 0.4) is 0 Å². The Morgan fingerprint density at radius 1 is 0.821 bits per heavy atom. The lowest BCUT2D eigenvalue weighted by Crippen LogP contribution is -1.96. The summed E-state index contributed by atoms with van der Waals surface area (Å²) in [7, 11) is -3.35. The van der Waals surface area contributed by atoms with Gasteiger partial charge in [-0.2, -0.15) is 0 Å². The number of aromatic amines is 1. The summed E-state index contributed by atoms with van der Waals surface area (Å²) in [4.78, 5) is 7.25. The highest BCUT2D eigenvalue weighted by atomic mass is 32.2. The van der Waals surface area contributed by atoms with Crippen LogP contribution in [-0.4, -0.2) is 24.6 Å². The number of halogens is 3. The topological polar surface area (TPSA) is 62.8 Å². The maximum atomic E-state index is 14.4. The molecule has 4 aromatic rings. The van der Waals surface area contributed by atoms with Crippen LogP contribution in [0.25, 0.3) is 33.5 Å². The van der Waals surface area contributed by atoms with Crippen LogP contribution < -0.4 is 0 Å². The number of fused-ring (bicyclic) bond motifs is 1. The molecule has 0 aliphatic carbocycles. The number of rotatable bonds is 3. The molecule has 0 saturated carbocycles. The predicted octanol–water partition coefficient (Wildman–Crippen LogP) is 4.72. The van der Waals surface area contributed by atoms with Crippen molar-refractivity contribution in [3.05, 3.63) is 72.0 Å². The minimum Gasteiger partial charge on any atom is -0.338 e. The molecule has 4 rings (SSSR count). The molecule has 3 aromatic carbocycles. The van der Waals surface area contributed by atoms with E-state index in [2.05, 4.69) is 9.97 Å². The van der Waals surface area contributed by atoms with Gasteiger partial charge in [-0.25, -0.2) is 26.6 Å². The van der Waals surface area contributed by atoms with Gasteiger partial charge in [0.2, 0.25) is 0 Å². The molecule has 0 aliphatic heterocycles. The lowest BCUT2D eigenvalue weighted by molar-refractivity contribution is 0.510. The molecule has 0 spiro atoms. The van der Waals surface area contributed by atoms with Gasteiger partial charge in [-0.3, -0.25) is 0 Å². The van der Waals surface area contributed by atoms with Gasteiger partial charge in [-0.05, 0) is 35.9 Å². The third-order valence-electron chi connectivity index (χ3n) is 4.36. The Labute approximate surface area is 158 Å². The summed E-state index contributed by atoms with van der Waals surface area (Å²) in [6.07, 6.45) is 1.09. The first-order valence-corrected chi connectivity index (χ1v) is 10.1. The SMILES string of the molecule is CS(=O)(=O)c1ccc(-c2cc(-c3nc4cc(F)c(F)cc4[nH]3)ccc2F)cc1. The van der Waals surface area contributed by atoms with Crippen LogP contribution in [0.1, 0.15) is 0 Å². The molecule has 1 heterocycles. The Kier molecular flexibility index (Phi) is 4.23. The fourth-order valence-corrected chi connectivity index (χ4v) is 3.55. The van der Waals surface area contributed by atoms with Gasteiger partial charge in [-0.1, -0.05) is 12.1 Å². The predicted molar refractivity (Wildman–Crippen MR) is 99.9 cm³/mol. The average Bonchev–Trinajstić information content (AvgIpc) is 3.04.